The van der Waals surface area contributed by atoms with Crippen molar-refractivity contribution in [1.82, 2.24) is 25.9 Å². The van der Waals surface area contributed by atoms with Gasteiger partial charge in [0.25, 0.3) is 17.0 Å². The summed E-state index contributed by atoms with van der Waals surface area (Å²) < 4.78 is 10.6. The zero-order chi connectivity index (χ0) is 21.8. The third-order valence-corrected chi connectivity index (χ3v) is 5.54. The number of imide groups is 1. The number of furan rings is 1. The van der Waals surface area contributed by atoms with Crippen molar-refractivity contribution in [3.05, 3.63) is 54.3 Å². The van der Waals surface area contributed by atoms with Crippen molar-refractivity contribution in [3.8, 4) is 11.7 Å². The molecule has 11 heteroatoms. The molecule has 0 bridgehead atoms. The molecule has 4 amide bonds. The largest absolute Gasteiger partial charge is 0.459 e. The number of urea groups is 1. The number of hydrazine groups is 1. The van der Waals surface area contributed by atoms with E-state index in [0.717, 1.165) is 22.3 Å². The molecule has 10 nitrogen and oxygen atoms in total. The van der Waals surface area contributed by atoms with Gasteiger partial charge in [-0.25, -0.2) is 4.79 Å². The van der Waals surface area contributed by atoms with Crippen LogP contribution in [0.2, 0.25) is 0 Å². The number of nitrogens with zero attached hydrogens (tertiary/aromatic N) is 3. The molecule has 2 aromatic heterocycles. The van der Waals surface area contributed by atoms with Crippen LogP contribution in [0.25, 0.3) is 11.7 Å². The Hall–Kier alpha value is -3.60. The monoisotopic (exact) mass is 441 g/mol. The molecule has 3 heterocycles. The van der Waals surface area contributed by atoms with Gasteiger partial charge in [-0.15, -0.1) is 10.2 Å². The van der Waals surface area contributed by atoms with Gasteiger partial charge in [-0.05, 0) is 37.5 Å². The number of rotatable bonds is 8. The summed E-state index contributed by atoms with van der Waals surface area (Å²) >= 11 is 0.976. The van der Waals surface area contributed by atoms with E-state index in [2.05, 4.69) is 20.9 Å². The Morgan fingerprint density at radius 2 is 2.00 bits per heavy atom. The minimum Gasteiger partial charge on any atom is -0.459 e. The average Bonchev–Trinajstić information content (AvgIpc) is 3.50. The Bertz CT molecular complexity index is 1080. The lowest BCUT2D eigenvalue weighted by Gasteiger charge is -2.21. The Morgan fingerprint density at radius 1 is 1.19 bits per heavy atom. The molecular weight excluding hydrogens is 422 g/mol. The van der Waals surface area contributed by atoms with E-state index in [1.54, 1.807) is 19.1 Å². The van der Waals surface area contributed by atoms with Crippen molar-refractivity contribution in [2.24, 2.45) is 0 Å². The SMILES string of the molecule is C[C@@]1(CCc2ccccc2)NC(=O)N(NC(=O)CSc2nnc(-c3ccco3)o2)C1=O. The molecule has 0 unspecified atom stereocenters. The van der Waals surface area contributed by atoms with Crippen LogP contribution in [0, 0.1) is 0 Å². The lowest BCUT2D eigenvalue weighted by molar-refractivity contribution is -0.138. The van der Waals surface area contributed by atoms with Crippen molar-refractivity contribution in [2.45, 2.75) is 30.5 Å². The molecule has 2 N–H and O–H groups in total. The zero-order valence-electron chi connectivity index (χ0n) is 16.5. The second-order valence-corrected chi connectivity index (χ2v) is 7.99. The summed E-state index contributed by atoms with van der Waals surface area (Å²) in [4.78, 5) is 37.3. The van der Waals surface area contributed by atoms with E-state index in [1.807, 2.05) is 30.3 Å². The molecular formula is C20H19N5O5S. The minimum absolute atomic E-state index is 0.127. The number of carbonyl (C=O) groups is 3. The maximum atomic E-state index is 12.8. The van der Waals surface area contributed by atoms with Gasteiger partial charge in [-0.1, -0.05) is 42.1 Å². The first-order chi connectivity index (χ1) is 14.9. The fourth-order valence-corrected chi connectivity index (χ4v) is 3.60. The maximum Gasteiger partial charge on any atom is 0.344 e. The van der Waals surface area contributed by atoms with Crippen LogP contribution >= 0.6 is 11.8 Å². The molecule has 160 valence electrons. The molecule has 31 heavy (non-hydrogen) atoms. The second-order valence-electron chi connectivity index (χ2n) is 7.06. The van der Waals surface area contributed by atoms with Crippen molar-refractivity contribution >= 4 is 29.6 Å². The number of benzene rings is 1. The van der Waals surface area contributed by atoms with Gasteiger partial charge < -0.3 is 14.2 Å². The number of hydrogen-bond donors (Lipinski definition) is 2. The normalized spacial score (nSPS) is 18.3. The molecule has 1 aliphatic rings. The Labute approximate surface area is 181 Å². The van der Waals surface area contributed by atoms with E-state index in [4.69, 9.17) is 8.83 Å². The van der Waals surface area contributed by atoms with E-state index < -0.39 is 23.4 Å². The molecule has 0 spiro atoms. The number of aromatic nitrogens is 2. The van der Waals surface area contributed by atoms with Gasteiger partial charge in [-0.2, -0.15) is 5.01 Å². The molecule has 0 saturated carbocycles. The van der Waals surface area contributed by atoms with E-state index in [0.29, 0.717) is 18.6 Å². The summed E-state index contributed by atoms with van der Waals surface area (Å²) in [6, 6.07) is 12.3. The lowest BCUT2D eigenvalue weighted by Crippen LogP contribution is -2.49. The van der Waals surface area contributed by atoms with Crippen molar-refractivity contribution in [3.63, 3.8) is 0 Å². The summed E-state index contributed by atoms with van der Waals surface area (Å²) in [6.07, 6.45) is 2.49. The van der Waals surface area contributed by atoms with E-state index in [-0.39, 0.29) is 16.9 Å². The second kappa shape index (κ2) is 8.64. The number of hydrogen-bond acceptors (Lipinski definition) is 8. The summed E-state index contributed by atoms with van der Waals surface area (Å²) in [7, 11) is 0. The standard InChI is InChI=1S/C20H19N5O5S/c1-20(10-9-13-6-3-2-4-7-13)17(27)25(18(28)21-20)24-15(26)12-31-19-23-22-16(30-19)14-8-5-11-29-14/h2-8,11H,9-10,12H2,1H3,(H,21,28)(H,24,26)/t20-/m0/s1. The number of aryl methyl sites for hydroxylation is 1. The highest BCUT2D eigenvalue weighted by Crippen LogP contribution is 2.24. The molecule has 1 saturated heterocycles. The highest BCUT2D eigenvalue weighted by Gasteiger charge is 2.48. The van der Waals surface area contributed by atoms with Crippen LogP contribution in [0.1, 0.15) is 18.9 Å². The van der Waals surface area contributed by atoms with Crippen LogP contribution in [0.3, 0.4) is 0 Å². The zero-order valence-corrected chi connectivity index (χ0v) is 17.3. The highest BCUT2D eigenvalue weighted by molar-refractivity contribution is 7.99. The molecule has 1 fully saturated rings. The Morgan fingerprint density at radius 3 is 2.74 bits per heavy atom. The van der Waals surface area contributed by atoms with Crippen LogP contribution in [-0.2, 0) is 16.0 Å². The predicted octanol–water partition coefficient (Wildman–Crippen LogP) is 2.40. The van der Waals surface area contributed by atoms with E-state index in [1.165, 1.54) is 6.26 Å². The van der Waals surface area contributed by atoms with Crippen molar-refractivity contribution in [1.29, 1.82) is 0 Å². The van der Waals surface area contributed by atoms with Crippen LogP contribution in [0.15, 0.2) is 62.8 Å². The lowest BCUT2D eigenvalue weighted by atomic mass is 9.93. The van der Waals surface area contributed by atoms with Crippen LogP contribution in [0.4, 0.5) is 4.79 Å². The van der Waals surface area contributed by atoms with Gasteiger partial charge >= 0.3 is 6.03 Å². The van der Waals surface area contributed by atoms with Crippen molar-refractivity contribution < 1.29 is 23.2 Å². The first-order valence-corrected chi connectivity index (χ1v) is 10.4. The topological polar surface area (TPSA) is 131 Å². The van der Waals surface area contributed by atoms with Gasteiger partial charge in [0.2, 0.25) is 5.91 Å². The molecule has 4 rings (SSSR count). The van der Waals surface area contributed by atoms with E-state index in [9.17, 15) is 14.4 Å². The van der Waals surface area contributed by atoms with Crippen molar-refractivity contribution in [2.75, 3.05) is 5.75 Å². The molecule has 0 aliphatic carbocycles. The molecule has 3 aromatic rings. The third kappa shape index (κ3) is 4.61. The van der Waals surface area contributed by atoms with Crippen LogP contribution < -0.4 is 10.7 Å². The smallest absolute Gasteiger partial charge is 0.344 e. The average molecular weight is 441 g/mol. The Kier molecular flexibility index (Phi) is 5.76. The fourth-order valence-electron chi connectivity index (χ4n) is 3.05. The summed E-state index contributed by atoms with van der Waals surface area (Å²) in [5, 5.41) is 11.2. The van der Waals surface area contributed by atoms with Gasteiger partial charge in [0.1, 0.15) is 5.54 Å². The van der Waals surface area contributed by atoms with E-state index >= 15 is 0 Å². The van der Waals surface area contributed by atoms with Gasteiger partial charge in [0.15, 0.2) is 5.76 Å². The minimum atomic E-state index is -1.10. The van der Waals surface area contributed by atoms with Crippen LogP contribution in [-0.4, -0.2) is 44.3 Å². The fraction of sp³-hybridized carbons (Fsp3) is 0.250. The molecule has 1 atom stereocenters. The number of nitrogens with one attached hydrogen (secondary N) is 2. The van der Waals surface area contributed by atoms with Gasteiger partial charge in [0.05, 0.1) is 12.0 Å². The summed E-state index contributed by atoms with van der Waals surface area (Å²) in [6.45, 7) is 1.64. The number of amides is 4. The quantitative estimate of drug-likeness (QED) is 0.402. The molecule has 1 aromatic carbocycles. The van der Waals surface area contributed by atoms with Crippen LogP contribution in [0.5, 0.6) is 0 Å². The molecule has 0 radical (unpaired) electrons. The predicted molar refractivity (Wildman–Crippen MR) is 109 cm³/mol. The third-order valence-electron chi connectivity index (χ3n) is 4.72. The number of thioether (sulfide) groups is 1. The first-order valence-electron chi connectivity index (χ1n) is 9.45. The summed E-state index contributed by atoms with van der Waals surface area (Å²) in [5.74, 6) is -0.588. The first kappa shape index (κ1) is 20.7. The van der Waals surface area contributed by atoms with Gasteiger partial charge in [0, 0.05) is 0 Å². The molecule has 1 aliphatic heterocycles. The summed E-state index contributed by atoms with van der Waals surface area (Å²) in [5.41, 5.74) is 2.29. The highest BCUT2D eigenvalue weighted by atomic mass is 32.2. The Balaban J connectivity index is 1.30. The number of carbonyl (C=O) groups excluding carboxylic acids is 3. The maximum absolute atomic E-state index is 12.8. The van der Waals surface area contributed by atoms with Gasteiger partial charge in [-0.3, -0.25) is 15.0 Å².